The Balaban J connectivity index is 0.00000108. The maximum atomic E-state index is 4.58. The number of rotatable bonds is 0. The van der Waals surface area contributed by atoms with Crippen LogP contribution in [0, 0.1) is 13.8 Å². The average molecular weight is 568 g/mol. The quantitative estimate of drug-likeness (QED) is 0.169. The summed E-state index contributed by atoms with van der Waals surface area (Å²) in [6.45, 7) is 4.02. The van der Waals surface area contributed by atoms with Gasteiger partial charge in [0.05, 0.1) is 11.0 Å². The molecule has 3 aromatic rings. The normalized spacial score (nSPS) is 9.37. The first-order valence-electron chi connectivity index (χ1n) is 5.38. The Morgan fingerprint density at radius 2 is 0.947 bits per heavy atom. The topological polar surface area (TPSA) is 25.8 Å². The first-order valence-corrected chi connectivity index (χ1v) is 5.38. The van der Waals surface area contributed by atoms with Crippen molar-refractivity contribution in [1.29, 1.82) is 0 Å². The molecule has 102 valence electrons. The number of pyridine rings is 2. The Morgan fingerprint density at radius 1 is 0.632 bits per heavy atom. The van der Waals surface area contributed by atoms with Gasteiger partial charge in [0.2, 0.25) is 0 Å². The molecule has 2 aromatic heterocycles. The molecule has 5 heteroatoms. The Kier molecular flexibility index (Phi) is 7.88. The molecule has 0 bridgehead atoms. The van der Waals surface area contributed by atoms with Crippen LogP contribution in [0.5, 0.6) is 0 Å². The minimum atomic E-state index is 0. The van der Waals surface area contributed by atoms with Gasteiger partial charge in [-0.25, -0.2) is 0 Å². The summed E-state index contributed by atoms with van der Waals surface area (Å²) in [5, 5.41) is 2.30. The average Bonchev–Trinajstić information content (AvgIpc) is 2.29. The van der Waals surface area contributed by atoms with Crippen molar-refractivity contribution < 1.29 is 68.4 Å². The number of aromatic nitrogens is 2. The van der Waals surface area contributed by atoms with E-state index in [1.165, 1.54) is 0 Å². The summed E-state index contributed by atoms with van der Waals surface area (Å²) in [4.78, 5) is 9.16. The van der Waals surface area contributed by atoms with Crippen LogP contribution >= 0.6 is 0 Å². The van der Waals surface area contributed by atoms with Crippen molar-refractivity contribution in [2.24, 2.45) is 0 Å². The van der Waals surface area contributed by atoms with Gasteiger partial charge in [-0.1, -0.05) is 24.3 Å². The van der Waals surface area contributed by atoms with Gasteiger partial charge in [0.1, 0.15) is 0 Å². The van der Waals surface area contributed by atoms with Crippen LogP contribution in [0.15, 0.2) is 36.4 Å². The third-order valence-electron chi connectivity index (χ3n) is 2.80. The van der Waals surface area contributed by atoms with Crippen LogP contribution in [0.4, 0.5) is 0 Å². The van der Waals surface area contributed by atoms with E-state index in [0.29, 0.717) is 0 Å². The van der Waals surface area contributed by atoms with E-state index in [0.717, 1.165) is 33.2 Å². The van der Waals surface area contributed by atoms with Crippen LogP contribution in [0.1, 0.15) is 11.4 Å². The van der Waals surface area contributed by atoms with Crippen LogP contribution in [-0.2, 0) is 20.4 Å². The second kappa shape index (κ2) is 7.82. The molecule has 0 aliphatic heterocycles. The predicted octanol–water partition coefficient (Wildman–Crippen LogP) is -2.59. The van der Waals surface area contributed by atoms with Gasteiger partial charge in [-0.05, 0) is 26.0 Å². The molecule has 0 N–H and O–H groups in total. The van der Waals surface area contributed by atoms with Crippen molar-refractivity contribution in [2.75, 3.05) is 0 Å². The molecule has 0 unspecified atom stereocenters. The molecule has 0 saturated carbocycles. The molecule has 0 aliphatic rings. The van der Waals surface area contributed by atoms with Crippen molar-refractivity contribution in [3.05, 3.63) is 47.8 Å². The second-order valence-corrected chi connectivity index (χ2v) is 4.11. The summed E-state index contributed by atoms with van der Waals surface area (Å²) in [5.41, 5.74) is 4.06. The molecule has 0 radical (unpaired) electrons. The Labute approximate surface area is 160 Å². The number of benzene rings is 1. The molecular formula is C14H12I2N2Pd. The minimum absolute atomic E-state index is 0. The molecule has 1 aromatic carbocycles. The number of fused-ring (bicyclic) bond motifs is 3. The van der Waals surface area contributed by atoms with Gasteiger partial charge in [-0.2, -0.15) is 0 Å². The molecule has 2 nitrogen and oxygen atoms in total. The Hall–Kier alpha value is 0.162. The van der Waals surface area contributed by atoms with Crippen LogP contribution in [0.25, 0.3) is 21.8 Å². The van der Waals surface area contributed by atoms with E-state index >= 15 is 0 Å². The molecule has 19 heavy (non-hydrogen) atoms. The zero-order valence-electron chi connectivity index (χ0n) is 10.4. The number of halogens is 2. The van der Waals surface area contributed by atoms with E-state index in [9.17, 15) is 0 Å². The smallest absolute Gasteiger partial charge is 1.00 e. The summed E-state index contributed by atoms with van der Waals surface area (Å²) < 4.78 is 0. The third kappa shape index (κ3) is 3.84. The van der Waals surface area contributed by atoms with E-state index in [2.05, 4.69) is 34.2 Å². The van der Waals surface area contributed by atoms with Gasteiger partial charge in [-0.3, -0.25) is 9.97 Å². The fourth-order valence-electron chi connectivity index (χ4n) is 1.96. The minimum Gasteiger partial charge on any atom is -1.00 e. The number of nitrogens with zero attached hydrogens (tertiary/aromatic N) is 2. The van der Waals surface area contributed by atoms with E-state index in [4.69, 9.17) is 0 Å². The molecule has 0 atom stereocenters. The zero-order chi connectivity index (χ0) is 11.1. The van der Waals surface area contributed by atoms with Crippen molar-refractivity contribution in [2.45, 2.75) is 13.8 Å². The van der Waals surface area contributed by atoms with Crippen molar-refractivity contribution in [1.82, 2.24) is 9.97 Å². The number of aryl methyl sites for hydroxylation is 2. The van der Waals surface area contributed by atoms with Crippen molar-refractivity contribution in [3.8, 4) is 0 Å². The molecule has 0 saturated heterocycles. The van der Waals surface area contributed by atoms with E-state index in [-0.39, 0.29) is 68.4 Å². The Morgan fingerprint density at radius 3 is 1.32 bits per heavy atom. The summed E-state index contributed by atoms with van der Waals surface area (Å²) in [6, 6.07) is 12.5. The van der Waals surface area contributed by atoms with Gasteiger partial charge < -0.3 is 48.0 Å². The summed E-state index contributed by atoms with van der Waals surface area (Å²) >= 11 is 0. The molecule has 2 heterocycles. The molecule has 0 spiro atoms. The largest absolute Gasteiger partial charge is 2.00 e. The third-order valence-corrected chi connectivity index (χ3v) is 2.80. The fourth-order valence-corrected chi connectivity index (χ4v) is 1.96. The van der Waals surface area contributed by atoms with E-state index in [1.807, 2.05) is 26.0 Å². The predicted molar refractivity (Wildman–Crippen MR) is 66.5 cm³/mol. The van der Waals surface area contributed by atoms with Gasteiger partial charge >= 0.3 is 20.4 Å². The standard InChI is InChI=1S/C14H12N2.2HI.Pd/c1-9-3-5-11-7-8-12-6-4-10(2)16-14(12)13(11)15-9;;;/h3-8H,1-2H3;2*1H;/q;;;+2/p-2. The zero-order valence-corrected chi connectivity index (χ0v) is 16.3. The van der Waals surface area contributed by atoms with Gasteiger partial charge in [0.15, 0.2) is 0 Å². The maximum absolute atomic E-state index is 4.58. The van der Waals surface area contributed by atoms with Crippen LogP contribution in [0.3, 0.4) is 0 Å². The summed E-state index contributed by atoms with van der Waals surface area (Å²) in [5.74, 6) is 0. The number of hydrogen-bond acceptors (Lipinski definition) is 2. The van der Waals surface area contributed by atoms with Crippen LogP contribution in [-0.4, -0.2) is 9.97 Å². The molecule has 0 fully saturated rings. The molecular weight excluding hydrogens is 556 g/mol. The van der Waals surface area contributed by atoms with Crippen molar-refractivity contribution >= 4 is 21.8 Å². The summed E-state index contributed by atoms with van der Waals surface area (Å²) in [7, 11) is 0. The number of hydrogen-bond donors (Lipinski definition) is 0. The van der Waals surface area contributed by atoms with Gasteiger partial charge in [-0.15, -0.1) is 0 Å². The van der Waals surface area contributed by atoms with Crippen LogP contribution < -0.4 is 48.0 Å². The first kappa shape index (κ1) is 19.2. The molecule has 0 amide bonds. The van der Waals surface area contributed by atoms with Gasteiger partial charge in [0.25, 0.3) is 0 Å². The SMILES string of the molecule is Cc1ccc2ccc3ccc(C)nc3c2n1.[I-].[I-].[Pd+2]. The van der Waals surface area contributed by atoms with Crippen LogP contribution in [0.2, 0.25) is 0 Å². The molecule has 0 aliphatic carbocycles. The van der Waals surface area contributed by atoms with Gasteiger partial charge in [0, 0.05) is 22.2 Å². The monoisotopic (exact) mass is 568 g/mol. The first-order chi connectivity index (χ1) is 7.74. The Bertz CT molecular complexity index is 641. The summed E-state index contributed by atoms with van der Waals surface area (Å²) in [6.07, 6.45) is 0. The molecule has 3 rings (SSSR count). The van der Waals surface area contributed by atoms with Crippen molar-refractivity contribution in [3.63, 3.8) is 0 Å². The van der Waals surface area contributed by atoms with E-state index < -0.39 is 0 Å². The maximum Gasteiger partial charge on any atom is 2.00 e. The fraction of sp³-hybridized carbons (Fsp3) is 0.143. The second-order valence-electron chi connectivity index (χ2n) is 4.11. The van der Waals surface area contributed by atoms with E-state index in [1.54, 1.807) is 0 Å².